The third-order valence-corrected chi connectivity index (χ3v) is 8.15. The van der Waals surface area contributed by atoms with Crippen LogP contribution < -0.4 is 10.2 Å². The summed E-state index contributed by atoms with van der Waals surface area (Å²) in [5, 5.41) is 11.2. The van der Waals surface area contributed by atoms with Crippen molar-refractivity contribution in [1.29, 1.82) is 0 Å². The van der Waals surface area contributed by atoms with Crippen LogP contribution in [0.1, 0.15) is 25.7 Å². The molecule has 5 aromatic rings. The Morgan fingerprint density at radius 1 is 0.974 bits per heavy atom. The first kappa shape index (κ1) is 23.8. The summed E-state index contributed by atoms with van der Waals surface area (Å²) < 4.78 is 0. The summed E-state index contributed by atoms with van der Waals surface area (Å²) in [7, 11) is 2.17. The third-order valence-electron chi connectivity index (χ3n) is 8.15. The van der Waals surface area contributed by atoms with E-state index in [1.54, 1.807) is 0 Å². The number of pyridine rings is 2. The molecule has 2 fully saturated rings. The van der Waals surface area contributed by atoms with E-state index in [4.69, 9.17) is 9.97 Å². The number of hydrogen-bond acceptors (Lipinski definition) is 7. The minimum Gasteiger partial charge on any atom is -0.367 e. The summed E-state index contributed by atoms with van der Waals surface area (Å²) in [6.07, 6.45) is 8.67. The number of allylic oxidation sites excluding steroid dienone is 1. The van der Waals surface area contributed by atoms with Gasteiger partial charge in [0.15, 0.2) is 11.5 Å². The van der Waals surface area contributed by atoms with Gasteiger partial charge in [0, 0.05) is 43.6 Å². The first-order valence-corrected chi connectivity index (χ1v) is 13.8. The van der Waals surface area contributed by atoms with E-state index in [9.17, 15) is 0 Å². The third kappa shape index (κ3) is 4.52. The molecular weight excluding hydrogens is 486 g/mol. The fraction of sp³-hybridized carbons (Fsp3) is 0.333. The Balaban J connectivity index is 1.21. The largest absolute Gasteiger partial charge is 0.367 e. The number of fused-ring (bicyclic) bond motifs is 2. The summed E-state index contributed by atoms with van der Waals surface area (Å²) in [6, 6.07) is 12.4. The number of H-pyrrole nitrogens is 2. The lowest BCUT2D eigenvalue weighted by atomic mass is 10.0. The molecule has 0 amide bonds. The van der Waals surface area contributed by atoms with Crippen LogP contribution in [0.3, 0.4) is 0 Å². The van der Waals surface area contributed by atoms with E-state index in [0.29, 0.717) is 17.4 Å². The second-order valence-electron chi connectivity index (χ2n) is 10.8. The van der Waals surface area contributed by atoms with Crippen molar-refractivity contribution in [3.8, 4) is 22.8 Å². The van der Waals surface area contributed by atoms with E-state index in [0.717, 1.165) is 76.6 Å². The zero-order chi connectivity index (χ0) is 26.3. The molecule has 198 valence electrons. The molecule has 2 aliphatic rings. The van der Waals surface area contributed by atoms with Crippen molar-refractivity contribution in [2.75, 3.05) is 43.4 Å². The van der Waals surface area contributed by atoms with Crippen LogP contribution in [-0.4, -0.2) is 68.3 Å². The van der Waals surface area contributed by atoms with Gasteiger partial charge in [-0.05, 0) is 56.1 Å². The first-order chi connectivity index (χ1) is 19.1. The monoisotopic (exact) mass is 519 g/mol. The summed E-state index contributed by atoms with van der Waals surface area (Å²) in [5.74, 6) is 1.25. The Morgan fingerprint density at radius 3 is 2.67 bits per heavy atom. The second kappa shape index (κ2) is 9.81. The van der Waals surface area contributed by atoms with Crippen molar-refractivity contribution < 1.29 is 0 Å². The molecular formula is C30H33N9. The maximum absolute atomic E-state index is 5.02. The number of piperazine rings is 1. The van der Waals surface area contributed by atoms with Crippen LogP contribution in [0.5, 0.6) is 0 Å². The number of aromatic nitrogens is 6. The molecule has 0 atom stereocenters. The Morgan fingerprint density at radius 2 is 1.82 bits per heavy atom. The molecule has 1 saturated heterocycles. The molecule has 1 saturated carbocycles. The molecule has 0 bridgehead atoms. The molecule has 0 unspecified atom stereocenters. The highest BCUT2D eigenvalue weighted by Crippen LogP contribution is 2.33. The molecule has 3 N–H and O–H groups in total. The van der Waals surface area contributed by atoms with Crippen LogP contribution in [0.4, 0.5) is 11.4 Å². The number of para-hydroxylation sites is 1. The quantitative estimate of drug-likeness (QED) is 0.275. The minimum atomic E-state index is 0.539. The highest BCUT2D eigenvalue weighted by molar-refractivity contribution is 5.95. The second-order valence-corrected chi connectivity index (χ2v) is 10.8. The summed E-state index contributed by atoms with van der Waals surface area (Å²) in [6.45, 7) is 8.36. The summed E-state index contributed by atoms with van der Waals surface area (Å²) >= 11 is 0. The van der Waals surface area contributed by atoms with Crippen molar-refractivity contribution >= 4 is 33.4 Å². The number of hydrogen-bond donors (Lipinski definition) is 3. The lowest BCUT2D eigenvalue weighted by molar-refractivity contribution is 0.313. The number of likely N-dealkylation sites (N-methyl/N-ethyl adjacent to an activating group) is 1. The van der Waals surface area contributed by atoms with Gasteiger partial charge in [-0.25, -0.2) is 9.97 Å². The van der Waals surface area contributed by atoms with Crippen LogP contribution in [0.25, 0.3) is 44.8 Å². The smallest absolute Gasteiger partial charge is 0.161 e. The van der Waals surface area contributed by atoms with Crippen molar-refractivity contribution in [3.63, 3.8) is 0 Å². The van der Waals surface area contributed by atoms with Gasteiger partial charge in [-0.15, -0.1) is 0 Å². The molecule has 7 rings (SSSR count). The van der Waals surface area contributed by atoms with Crippen molar-refractivity contribution in [2.24, 2.45) is 5.92 Å². The van der Waals surface area contributed by atoms with E-state index in [1.807, 2.05) is 24.5 Å². The van der Waals surface area contributed by atoms with Crippen molar-refractivity contribution in [1.82, 2.24) is 35.0 Å². The van der Waals surface area contributed by atoms with Crippen molar-refractivity contribution in [3.05, 3.63) is 61.1 Å². The van der Waals surface area contributed by atoms with Crippen LogP contribution >= 0.6 is 0 Å². The van der Waals surface area contributed by atoms with Crippen LogP contribution in [0.15, 0.2) is 61.1 Å². The van der Waals surface area contributed by atoms with Gasteiger partial charge in [0.1, 0.15) is 11.0 Å². The lowest BCUT2D eigenvalue weighted by Crippen LogP contribution is -2.44. The first-order valence-electron chi connectivity index (χ1n) is 13.8. The predicted molar refractivity (Wildman–Crippen MR) is 157 cm³/mol. The molecule has 9 heteroatoms. The van der Waals surface area contributed by atoms with E-state index in [-0.39, 0.29) is 0 Å². The van der Waals surface area contributed by atoms with Gasteiger partial charge in [-0.2, -0.15) is 5.10 Å². The molecule has 4 aromatic heterocycles. The fourth-order valence-electron chi connectivity index (χ4n) is 5.87. The number of benzene rings is 1. The number of imidazole rings is 1. The SMILES string of the molecule is C=C(Nc1cncc(-c2ccc3[nH]nc(-c4nc5c(N6CCN(C)CC6)cccc5[nH]4)c3n2)c1)C1CCCC1. The van der Waals surface area contributed by atoms with E-state index in [2.05, 4.69) is 73.2 Å². The molecule has 9 nitrogen and oxygen atoms in total. The van der Waals surface area contributed by atoms with E-state index >= 15 is 0 Å². The maximum Gasteiger partial charge on any atom is 0.161 e. The number of nitrogens with zero attached hydrogens (tertiary/aromatic N) is 6. The van der Waals surface area contributed by atoms with Crippen LogP contribution in [-0.2, 0) is 0 Å². The maximum atomic E-state index is 5.02. The molecule has 0 spiro atoms. The predicted octanol–water partition coefficient (Wildman–Crippen LogP) is 5.43. The molecule has 1 aliphatic carbocycles. The minimum absolute atomic E-state index is 0.539. The van der Waals surface area contributed by atoms with Gasteiger partial charge in [-0.1, -0.05) is 25.5 Å². The zero-order valence-electron chi connectivity index (χ0n) is 22.2. The van der Waals surface area contributed by atoms with Crippen LogP contribution in [0.2, 0.25) is 0 Å². The number of nitrogens with one attached hydrogen (secondary N) is 3. The van der Waals surface area contributed by atoms with E-state index in [1.165, 1.54) is 25.7 Å². The number of rotatable bonds is 6. The Hall–Kier alpha value is -4.24. The zero-order valence-corrected chi connectivity index (χ0v) is 22.2. The average Bonchev–Trinajstić information content (AvgIpc) is 3.73. The number of anilines is 2. The van der Waals surface area contributed by atoms with Gasteiger partial charge in [-0.3, -0.25) is 10.1 Å². The van der Waals surface area contributed by atoms with Crippen LogP contribution in [0, 0.1) is 5.92 Å². The normalized spacial score (nSPS) is 16.9. The lowest BCUT2D eigenvalue weighted by Gasteiger charge is -2.34. The fourth-order valence-corrected chi connectivity index (χ4v) is 5.87. The Bertz CT molecular complexity index is 1650. The van der Waals surface area contributed by atoms with Gasteiger partial charge >= 0.3 is 0 Å². The van der Waals surface area contributed by atoms with Crippen molar-refractivity contribution in [2.45, 2.75) is 25.7 Å². The topological polar surface area (TPSA) is 102 Å². The van der Waals surface area contributed by atoms with Gasteiger partial charge in [0.2, 0.25) is 0 Å². The molecule has 39 heavy (non-hydrogen) atoms. The average molecular weight is 520 g/mol. The molecule has 0 radical (unpaired) electrons. The summed E-state index contributed by atoms with van der Waals surface area (Å²) in [5.41, 5.74) is 9.27. The van der Waals surface area contributed by atoms with E-state index < -0.39 is 0 Å². The number of aromatic amines is 2. The molecule has 1 aliphatic heterocycles. The van der Waals surface area contributed by atoms with Gasteiger partial charge < -0.3 is 20.1 Å². The highest BCUT2D eigenvalue weighted by Gasteiger charge is 2.21. The Labute approximate surface area is 227 Å². The highest BCUT2D eigenvalue weighted by atomic mass is 15.3. The van der Waals surface area contributed by atoms with Gasteiger partial charge in [0.05, 0.1) is 34.3 Å². The molecule has 1 aromatic carbocycles. The Kier molecular flexibility index (Phi) is 6.00. The van der Waals surface area contributed by atoms with Gasteiger partial charge in [0.25, 0.3) is 0 Å². The summed E-state index contributed by atoms with van der Waals surface area (Å²) in [4.78, 5) is 22.8. The standard InChI is InChI=1S/C30H33N9/c1-19(20-6-3-4-7-20)32-22-16-21(17-31-18-22)23-10-11-25-28(33-23)29(37-36-25)30-34-24-8-5-9-26(27(24)35-30)39-14-12-38(2)13-15-39/h5,8-11,16-18,20,32H,1,3-4,6-7,12-15H2,2H3,(H,34,35)(H,36,37). The molecule has 5 heterocycles.